The Hall–Kier alpha value is -1.51. The maximum absolute atomic E-state index is 10.9. The predicted molar refractivity (Wildman–Crippen MR) is 71.4 cm³/mol. The number of aromatic nitrogens is 2. The van der Waals surface area contributed by atoms with Gasteiger partial charge in [0.1, 0.15) is 6.20 Å². The molecule has 2 fully saturated rings. The third-order valence-corrected chi connectivity index (χ3v) is 4.02. The number of piperidine rings is 1. The number of rotatable bonds is 3. The van der Waals surface area contributed by atoms with Crippen LogP contribution in [0.3, 0.4) is 0 Å². The lowest BCUT2D eigenvalue weighted by Crippen LogP contribution is -2.52. The Morgan fingerprint density at radius 1 is 1.45 bits per heavy atom. The number of halogens is 1. The van der Waals surface area contributed by atoms with Crippen LogP contribution in [0.2, 0.25) is 5.28 Å². The average molecular weight is 300 g/mol. The minimum Gasteiger partial charge on any atom is -0.380 e. The quantitative estimate of drug-likeness (QED) is 0.513. The van der Waals surface area contributed by atoms with Crippen molar-refractivity contribution in [2.24, 2.45) is 5.41 Å². The molecule has 108 valence electrons. The maximum atomic E-state index is 10.9. The van der Waals surface area contributed by atoms with Crippen LogP contribution in [0.25, 0.3) is 0 Å². The molecule has 8 nitrogen and oxygen atoms in total. The lowest BCUT2D eigenvalue weighted by atomic mass is 9.77. The van der Waals surface area contributed by atoms with Crippen LogP contribution >= 0.6 is 11.6 Å². The Morgan fingerprint density at radius 2 is 2.15 bits per heavy atom. The first-order valence-corrected chi connectivity index (χ1v) is 6.72. The van der Waals surface area contributed by atoms with Crippen LogP contribution in [0.1, 0.15) is 12.8 Å². The third-order valence-electron chi connectivity index (χ3n) is 3.84. The second kappa shape index (κ2) is 5.12. The molecule has 1 N–H and O–H groups in total. The van der Waals surface area contributed by atoms with E-state index in [1.165, 1.54) is 0 Å². The van der Waals surface area contributed by atoms with Gasteiger partial charge >= 0.3 is 5.69 Å². The molecule has 0 aliphatic carbocycles. The van der Waals surface area contributed by atoms with E-state index in [0.29, 0.717) is 5.41 Å². The predicted octanol–water partition coefficient (Wildman–Crippen LogP) is 1.48. The summed E-state index contributed by atoms with van der Waals surface area (Å²) in [6.07, 6.45) is 3.13. The molecular formula is C11H14ClN5O3. The van der Waals surface area contributed by atoms with Gasteiger partial charge in [-0.1, -0.05) is 0 Å². The van der Waals surface area contributed by atoms with Gasteiger partial charge < -0.3 is 4.74 Å². The average Bonchev–Trinajstić information content (AvgIpc) is 2.37. The van der Waals surface area contributed by atoms with E-state index < -0.39 is 4.92 Å². The molecule has 2 aliphatic heterocycles. The van der Waals surface area contributed by atoms with E-state index in [4.69, 9.17) is 16.3 Å². The summed E-state index contributed by atoms with van der Waals surface area (Å²) in [5.41, 5.74) is 3.11. The van der Waals surface area contributed by atoms with Crippen molar-refractivity contribution in [1.82, 2.24) is 15.0 Å². The SMILES string of the molecule is O=[N+]([O-])c1cnc(Cl)nc1NN1CCC2(CC1)COC2. The molecule has 3 heterocycles. The Kier molecular flexibility index (Phi) is 3.45. The van der Waals surface area contributed by atoms with E-state index in [2.05, 4.69) is 15.4 Å². The molecule has 0 unspecified atom stereocenters. The summed E-state index contributed by atoms with van der Waals surface area (Å²) in [5.74, 6) is 0.135. The van der Waals surface area contributed by atoms with Crippen LogP contribution in [-0.4, -0.2) is 46.2 Å². The van der Waals surface area contributed by atoms with Gasteiger partial charge in [-0.25, -0.2) is 9.99 Å². The van der Waals surface area contributed by atoms with Crippen LogP contribution in [0.5, 0.6) is 0 Å². The van der Waals surface area contributed by atoms with Crippen LogP contribution < -0.4 is 5.43 Å². The van der Waals surface area contributed by atoms with Gasteiger partial charge in [-0.3, -0.25) is 15.5 Å². The highest BCUT2D eigenvalue weighted by Gasteiger charge is 2.41. The molecule has 9 heteroatoms. The van der Waals surface area contributed by atoms with Crippen LogP contribution in [0.15, 0.2) is 6.20 Å². The molecule has 0 radical (unpaired) electrons. The molecule has 2 aliphatic rings. The molecule has 2 saturated heterocycles. The van der Waals surface area contributed by atoms with E-state index in [-0.39, 0.29) is 16.8 Å². The fraction of sp³-hybridized carbons (Fsp3) is 0.636. The molecule has 0 saturated carbocycles. The standard InChI is InChI=1S/C11H14ClN5O3/c12-10-13-5-8(17(18)19)9(14-10)15-16-3-1-11(2-4-16)6-20-7-11/h5H,1-4,6-7H2,(H,13,14,15). The van der Waals surface area contributed by atoms with E-state index in [0.717, 1.165) is 45.3 Å². The molecule has 3 rings (SSSR count). The lowest BCUT2D eigenvalue weighted by Gasteiger charge is -2.47. The Morgan fingerprint density at radius 3 is 2.70 bits per heavy atom. The lowest BCUT2D eigenvalue weighted by molar-refractivity contribution is -0.384. The van der Waals surface area contributed by atoms with Crippen molar-refractivity contribution in [3.8, 4) is 0 Å². The minimum absolute atomic E-state index is 0.0148. The first-order chi connectivity index (χ1) is 9.58. The van der Waals surface area contributed by atoms with Gasteiger partial charge in [0.2, 0.25) is 11.1 Å². The van der Waals surface area contributed by atoms with Crippen molar-refractivity contribution in [2.75, 3.05) is 31.7 Å². The molecule has 0 atom stereocenters. The van der Waals surface area contributed by atoms with Gasteiger partial charge in [-0.15, -0.1) is 0 Å². The van der Waals surface area contributed by atoms with Crippen molar-refractivity contribution in [3.05, 3.63) is 21.6 Å². The molecule has 20 heavy (non-hydrogen) atoms. The highest BCUT2D eigenvalue weighted by Crippen LogP contribution is 2.38. The summed E-state index contributed by atoms with van der Waals surface area (Å²) in [4.78, 5) is 17.9. The number of nitrogens with one attached hydrogen (secondary N) is 1. The summed E-state index contributed by atoms with van der Waals surface area (Å²) in [6.45, 7) is 3.23. The Bertz CT molecular complexity index is 527. The number of anilines is 1. The summed E-state index contributed by atoms with van der Waals surface area (Å²) >= 11 is 5.70. The van der Waals surface area contributed by atoms with Crippen LogP contribution in [0.4, 0.5) is 11.5 Å². The van der Waals surface area contributed by atoms with Crippen molar-refractivity contribution >= 4 is 23.1 Å². The fourth-order valence-corrected chi connectivity index (χ4v) is 2.63. The van der Waals surface area contributed by atoms with Gasteiger partial charge in [-0.05, 0) is 24.4 Å². The van der Waals surface area contributed by atoms with Gasteiger partial charge in [0.15, 0.2) is 0 Å². The first kappa shape index (κ1) is 13.5. The van der Waals surface area contributed by atoms with E-state index in [1.54, 1.807) is 0 Å². The topological polar surface area (TPSA) is 93.4 Å². The largest absolute Gasteiger partial charge is 0.380 e. The number of hydrazine groups is 1. The summed E-state index contributed by atoms with van der Waals surface area (Å²) < 4.78 is 5.27. The third kappa shape index (κ3) is 2.54. The second-order valence-corrected chi connectivity index (χ2v) is 5.56. The van der Waals surface area contributed by atoms with E-state index in [1.807, 2.05) is 5.01 Å². The normalized spacial score (nSPS) is 21.4. The number of hydrogen-bond acceptors (Lipinski definition) is 7. The second-order valence-electron chi connectivity index (χ2n) is 5.22. The van der Waals surface area contributed by atoms with Gasteiger partial charge in [-0.2, -0.15) is 4.98 Å². The monoisotopic (exact) mass is 299 g/mol. The summed E-state index contributed by atoms with van der Waals surface area (Å²) in [5, 5.41) is 12.9. The van der Waals surface area contributed by atoms with Crippen molar-refractivity contribution in [3.63, 3.8) is 0 Å². The molecule has 0 aromatic carbocycles. The van der Waals surface area contributed by atoms with Crippen LogP contribution in [0, 0.1) is 15.5 Å². The number of nitro groups is 1. The summed E-state index contributed by atoms with van der Waals surface area (Å²) in [6, 6.07) is 0. The highest BCUT2D eigenvalue weighted by atomic mass is 35.5. The number of ether oxygens (including phenoxy) is 1. The van der Waals surface area contributed by atoms with Crippen molar-refractivity contribution < 1.29 is 9.66 Å². The van der Waals surface area contributed by atoms with E-state index >= 15 is 0 Å². The van der Waals surface area contributed by atoms with Crippen LogP contribution in [-0.2, 0) is 4.74 Å². The molecule has 1 aromatic rings. The van der Waals surface area contributed by atoms with Crippen molar-refractivity contribution in [2.45, 2.75) is 12.8 Å². The van der Waals surface area contributed by atoms with Gasteiger partial charge in [0, 0.05) is 18.5 Å². The molecule has 0 bridgehead atoms. The minimum atomic E-state index is -0.524. The zero-order chi connectivity index (χ0) is 14.2. The maximum Gasteiger partial charge on any atom is 0.330 e. The smallest absolute Gasteiger partial charge is 0.330 e. The van der Waals surface area contributed by atoms with Gasteiger partial charge in [0.25, 0.3) is 0 Å². The molecule has 1 spiro atoms. The van der Waals surface area contributed by atoms with E-state index in [9.17, 15) is 10.1 Å². The summed E-state index contributed by atoms with van der Waals surface area (Å²) in [7, 11) is 0. The zero-order valence-electron chi connectivity index (χ0n) is 10.7. The molecule has 1 aromatic heterocycles. The zero-order valence-corrected chi connectivity index (χ0v) is 11.5. The molecule has 0 amide bonds. The Balaban J connectivity index is 1.69. The highest BCUT2D eigenvalue weighted by molar-refractivity contribution is 6.28. The molecular weight excluding hydrogens is 286 g/mol. The number of hydrogen-bond donors (Lipinski definition) is 1. The Labute approximate surface area is 120 Å². The fourth-order valence-electron chi connectivity index (χ4n) is 2.49. The van der Waals surface area contributed by atoms with Gasteiger partial charge in [0.05, 0.1) is 18.1 Å². The first-order valence-electron chi connectivity index (χ1n) is 6.34. The van der Waals surface area contributed by atoms with Crippen molar-refractivity contribution in [1.29, 1.82) is 0 Å². The number of nitrogens with zero attached hydrogens (tertiary/aromatic N) is 4.